The molecule has 0 radical (unpaired) electrons. The summed E-state index contributed by atoms with van der Waals surface area (Å²) in [4.78, 5) is 35.5. The van der Waals surface area contributed by atoms with Crippen LogP contribution in [-0.2, 0) is 14.4 Å². The maximum atomic E-state index is 12.3. The summed E-state index contributed by atoms with van der Waals surface area (Å²) in [6.07, 6.45) is 2.97. The van der Waals surface area contributed by atoms with Crippen molar-refractivity contribution in [3.8, 4) is 5.69 Å². The minimum atomic E-state index is -0.712. The van der Waals surface area contributed by atoms with Crippen LogP contribution in [0.1, 0.15) is 22.5 Å². The van der Waals surface area contributed by atoms with Crippen LogP contribution < -0.4 is 11.5 Å². The lowest BCUT2D eigenvalue weighted by Gasteiger charge is -2.17. The predicted octanol–water partition coefficient (Wildman–Crippen LogP) is 1.21. The molecule has 0 aliphatic carbocycles. The van der Waals surface area contributed by atoms with Gasteiger partial charge < -0.3 is 20.9 Å². The summed E-state index contributed by atoms with van der Waals surface area (Å²) in [5.74, 6) is -1.93. The van der Waals surface area contributed by atoms with Gasteiger partial charge in [0.05, 0.1) is 0 Å². The number of carbonyl (C=O) groups is 3. The molecule has 0 saturated heterocycles. The van der Waals surface area contributed by atoms with Crippen molar-refractivity contribution in [3.63, 3.8) is 0 Å². The predicted molar refractivity (Wildman–Crippen MR) is 104 cm³/mol. The van der Waals surface area contributed by atoms with E-state index in [1.807, 2.05) is 51.1 Å². The van der Waals surface area contributed by atoms with Crippen LogP contribution in [-0.4, -0.2) is 40.3 Å². The van der Waals surface area contributed by atoms with E-state index in [2.05, 4.69) is 4.57 Å². The van der Waals surface area contributed by atoms with Gasteiger partial charge in [-0.1, -0.05) is 17.7 Å². The van der Waals surface area contributed by atoms with Gasteiger partial charge in [0.15, 0.2) is 0 Å². The number of benzene rings is 1. The highest BCUT2D eigenvalue weighted by Crippen LogP contribution is 2.22. The molecule has 0 unspecified atom stereocenters. The zero-order chi connectivity index (χ0) is 20.1. The third-order valence-corrected chi connectivity index (χ3v) is 4.17. The fourth-order valence-electron chi connectivity index (χ4n) is 2.90. The summed E-state index contributed by atoms with van der Waals surface area (Å²) < 4.78 is 2.09. The second kappa shape index (κ2) is 8.35. The summed E-state index contributed by atoms with van der Waals surface area (Å²) in [6.45, 7) is 5.24. The third-order valence-electron chi connectivity index (χ3n) is 4.17. The highest BCUT2D eigenvalue weighted by Gasteiger charge is 2.16. The number of aryl methyl sites for hydroxylation is 2. The number of primary amides is 2. The first-order valence-corrected chi connectivity index (χ1v) is 8.48. The van der Waals surface area contributed by atoms with Gasteiger partial charge in [0, 0.05) is 23.2 Å². The minimum Gasteiger partial charge on any atom is -0.368 e. The molecule has 27 heavy (non-hydrogen) atoms. The Morgan fingerprint density at radius 3 is 2.07 bits per heavy atom. The van der Waals surface area contributed by atoms with Crippen LogP contribution in [0.25, 0.3) is 11.8 Å². The van der Waals surface area contributed by atoms with E-state index in [0.29, 0.717) is 0 Å². The van der Waals surface area contributed by atoms with Crippen molar-refractivity contribution in [2.24, 2.45) is 11.5 Å². The highest BCUT2D eigenvalue weighted by atomic mass is 16.2. The summed E-state index contributed by atoms with van der Waals surface area (Å²) in [5.41, 5.74) is 15.3. The van der Waals surface area contributed by atoms with Crippen LogP contribution in [0.5, 0.6) is 0 Å². The highest BCUT2D eigenvalue weighted by molar-refractivity contribution is 5.96. The Hall–Kier alpha value is -3.35. The summed E-state index contributed by atoms with van der Waals surface area (Å²) >= 11 is 0. The van der Waals surface area contributed by atoms with Crippen LogP contribution in [0, 0.1) is 20.8 Å². The zero-order valence-electron chi connectivity index (χ0n) is 15.7. The summed E-state index contributed by atoms with van der Waals surface area (Å²) in [7, 11) is 0. The SMILES string of the molecule is Cc1ccc(-n2c(C)cc(C=CC(=O)N(CC(N)=O)CC(N)=O)c2C)cc1. The smallest absolute Gasteiger partial charge is 0.247 e. The van der Waals surface area contributed by atoms with Crippen LogP contribution in [0.15, 0.2) is 36.4 Å². The first-order valence-electron chi connectivity index (χ1n) is 8.48. The van der Waals surface area contributed by atoms with Crippen molar-refractivity contribution in [1.82, 2.24) is 9.47 Å². The molecule has 0 fully saturated rings. The van der Waals surface area contributed by atoms with Gasteiger partial charge in [0.25, 0.3) is 0 Å². The van der Waals surface area contributed by atoms with Gasteiger partial charge in [0.1, 0.15) is 13.1 Å². The van der Waals surface area contributed by atoms with E-state index in [4.69, 9.17) is 11.5 Å². The van der Waals surface area contributed by atoms with Gasteiger partial charge in [-0.15, -0.1) is 0 Å². The van der Waals surface area contributed by atoms with E-state index in [1.54, 1.807) is 6.08 Å². The number of nitrogens with zero attached hydrogens (tertiary/aromatic N) is 2. The molecular weight excluding hydrogens is 344 g/mol. The molecular formula is C20H24N4O3. The maximum Gasteiger partial charge on any atom is 0.247 e. The quantitative estimate of drug-likeness (QED) is 0.717. The number of aromatic nitrogens is 1. The number of rotatable bonds is 7. The van der Waals surface area contributed by atoms with E-state index in [9.17, 15) is 14.4 Å². The molecule has 0 saturated carbocycles. The van der Waals surface area contributed by atoms with Crippen molar-refractivity contribution < 1.29 is 14.4 Å². The fourth-order valence-corrected chi connectivity index (χ4v) is 2.90. The van der Waals surface area contributed by atoms with Gasteiger partial charge in [-0.25, -0.2) is 0 Å². The van der Waals surface area contributed by atoms with Crippen molar-refractivity contribution in [2.45, 2.75) is 20.8 Å². The molecule has 0 atom stereocenters. The number of amides is 3. The van der Waals surface area contributed by atoms with Crippen LogP contribution in [0.3, 0.4) is 0 Å². The Labute approximate surface area is 158 Å². The number of carbonyl (C=O) groups excluding carboxylic acids is 3. The molecule has 1 heterocycles. The van der Waals surface area contributed by atoms with E-state index >= 15 is 0 Å². The average Bonchev–Trinajstić information content (AvgIpc) is 2.86. The monoisotopic (exact) mass is 368 g/mol. The summed E-state index contributed by atoms with van der Waals surface area (Å²) in [6, 6.07) is 10.1. The molecule has 0 aliphatic heterocycles. The lowest BCUT2D eigenvalue weighted by molar-refractivity contribution is -0.134. The number of nitrogens with two attached hydrogens (primary N) is 2. The molecule has 2 aromatic rings. The van der Waals surface area contributed by atoms with Gasteiger partial charge in [0.2, 0.25) is 17.7 Å². The molecule has 0 bridgehead atoms. The standard InChI is InChI=1S/C20H24N4O3/c1-13-4-7-17(8-5-13)24-14(2)10-16(15(24)3)6-9-20(27)23(11-18(21)25)12-19(22)26/h4-10H,11-12H2,1-3H3,(H2,21,25)(H2,22,26). The van der Waals surface area contributed by atoms with Crippen molar-refractivity contribution in [1.29, 1.82) is 0 Å². The molecule has 0 spiro atoms. The van der Waals surface area contributed by atoms with Crippen LogP contribution in [0.2, 0.25) is 0 Å². The van der Waals surface area contributed by atoms with E-state index in [1.165, 1.54) is 11.6 Å². The average molecular weight is 368 g/mol. The normalized spacial score (nSPS) is 10.9. The number of hydrogen-bond donors (Lipinski definition) is 2. The molecule has 142 valence electrons. The van der Waals surface area contributed by atoms with Gasteiger partial charge >= 0.3 is 0 Å². The largest absolute Gasteiger partial charge is 0.368 e. The molecule has 2 rings (SSSR count). The molecule has 7 nitrogen and oxygen atoms in total. The number of hydrogen-bond acceptors (Lipinski definition) is 3. The topological polar surface area (TPSA) is 111 Å². The Morgan fingerprint density at radius 2 is 1.56 bits per heavy atom. The van der Waals surface area contributed by atoms with Gasteiger partial charge in [-0.2, -0.15) is 0 Å². The Balaban J connectivity index is 2.27. The molecule has 0 aliphatic rings. The van der Waals surface area contributed by atoms with Gasteiger partial charge in [-0.05, 0) is 50.6 Å². The van der Waals surface area contributed by atoms with E-state index in [-0.39, 0.29) is 13.1 Å². The first kappa shape index (κ1) is 20.0. The third kappa shape index (κ3) is 5.07. The molecule has 3 amide bonds. The minimum absolute atomic E-state index is 0.367. The van der Waals surface area contributed by atoms with Crippen molar-refractivity contribution >= 4 is 23.8 Å². The molecule has 7 heteroatoms. The van der Waals surface area contributed by atoms with Crippen LogP contribution >= 0.6 is 0 Å². The van der Waals surface area contributed by atoms with Gasteiger partial charge in [-0.3, -0.25) is 14.4 Å². The Bertz CT molecular complexity index is 879. The fraction of sp³-hybridized carbons (Fsp3) is 0.250. The van der Waals surface area contributed by atoms with E-state index < -0.39 is 17.7 Å². The first-order chi connectivity index (χ1) is 12.7. The lowest BCUT2D eigenvalue weighted by Crippen LogP contribution is -2.42. The van der Waals surface area contributed by atoms with Crippen LogP contribution in [0.4, 0.5) is 0 Å². The Morgan fingerprint density at radius 1 is 1.00 bits per heavy atom. The molecule has 4 N–H and O–H groups in total. The zero-order valence-corrected chi connectivity index (χ0v) is 15.7. The van der Waals surface area contributed by atoms with E-state index in [0.717, 1.165) is 27.5 Å². The van der Waals surface area contributed by atoms with Crippen molar-refractivity contribution in [2.75, 3.05) is 13.1 Å². The molecule has 1 aromatic heterocycles. The molecule has 1 aromatic carbocycles. The second-order valence-electron chi connectivity index (χ2n) is 6.46. The van der Waals surface area contributed by atoms with Crippen molar-refractivity contribution in [3.05, 3.63) is 58.9 Å². The lowest BCUT2D eigenvalue weighted by atomic mass is 10.2. The second-order valence-corrected chi connectivity index (χ2v) is 6.46. The maximum absolute atomic E-state index is 12.3. The summed E-state index contributed by atoms with van der Waals surface area (Å²) in [5, 5.41) is 0. The Kier molecular flexibility index (Phi) is 6.18.